The topological polar surface area (TPSA) is 46.2 Å². The molecule has 0 fully saturated rings. The van der Waals surface area contributed by atoms with Gasteiger partial charge in [-0.05, 0) is 12.1 Å². The third kappa shape index (κ3) is 3.17. The second kappa shape index (κ2) is 5.80. The van der Waals surface area contributed by atoms with Crippen molar-refractivity contribution in [2.24, 2.45) is 5.92 Å². The lowest BCUT2D eigenvalue weighted by Gasteiger charge is -2.10. The number of alkyl halides is 1. The Morgan fingerprint density at radius 2 is 1.94 bits per heavy atom. The Bertz CT molecular complexity index is 402. The molecular weight excluding hydrogens is 270 g/mol. The van der Waals surface area contributed by atoms with E-state index < -0.39 is 0 Å². The lowest BCUT2D eigenvalue weighted by Crippen LogP contribution is -2.17. The van der Waals surface area contributed by atoms with Crippen LogP contribution in [-0.4, -0.2) is 17.0 Å². The highest BCUT2D eigenvalue weighted by atomic mass is 79.9. The Hall–Kier alpha value is -1.16. The fraction of sp³-hybridized carbons (Fsp3) is 0.333. The van der Waals surface area contributed by atoms with Crippen LogP contribution in [0.1, 0.15) is 24.2 Å². The Morgan fingerprint density at radius 3 is 2.50 bits per heavy atom. The monoisotopic (exact) mass is 283 g/mol. The average Bonchev–Trinajstić information content (AvgIpc) is 2.28. The summed E-state index contributed by atoms with van der Waals surface area (Å²) in [5.74, 6) is -0.212. The molecule has 0 aliphatic carbocycles. The Labute approximate surface area is 103 Å². The minimum absolute atomic E-state index is 0.0328. The van der Waals surface area contributed by atoms with Crippen LogP contribution in [0.15, 0.2) is 24.3 Å². The zero-order chi connectivity index (χ0) is 12.1. The van der Waals surface area contributed by atoms with Gasteiger partial charge in [0.1, 0.15) is 0 Å². The van der Waals surface area contributed by atoms with Gasteiger partial charge in [0.25, 0.3) is 0 Å². The summed E-state index contributed by atoms with van der Waals surface area (Å²) in [4.78, 5) is 23.1. The van der Waals surface area contributed by atoms with E-state index >= 15 is 0 Å². The smallest absolute Gasteiger partial charge is 0.235 e. The number of rotatable bonds is 4. The van der Waals surface area contributed by atoms with E-state index in [1.807, 2.05) is 13.8 Å². The van der Waals surface area contributed by atoms with Crippen LogP contribution in [0.25, 0.3) is 0 Å². The molecule has 86 valence electrons. The fourth-order valence-electron chi connectivity index (χ4n) is 1.30. The number of nitrogens with one attached hydrogen (secondary N) is 1. The van der Waals surface area contributed by atoms with E-state index in [2.05, 4.69) is 21.2 Å². The summed E-state index contributed by atoms with van der Waals surface area (Å²) in [7, 11) is 0. The molecular formula is C12H14BrNO2. The second-order valence-electron chi connectivity index (χ2n) is 3.75. The van der Waals surface area contributed by atoms with E-state index in [1.54, 1.807) is 24.3 Å². The highest BCUT2D eigenvalue weighted by Gasteiger charge is 2.15. The molecule has 1 aromatic carbocycles. The van der Waals surface area contributed by atoms with Gasteiger partial charge in [-0.1, -0.05) is 41.9 Å². The summed E-state index contributed by atoms with van der Waals surface area (Å²) in [6, 6.07) is 7.04. The number of carbonyl (C=O) groups excluding carboxylic acids is 2. The number of ketones is 1. The maximum atomic E-state index is 11.9. The van der Waals surface area contributed by atoms with Gasteiger partial charge in [-0.25, -0.2) is 0 Å². The largest absolute Gasteiger partial charge is 0.325 e. The van der Waals surface area contributed by atoms with Gasteiger partial charge >= 0.3 is 0 Å². The van der Waals surface area contributed by atoms with Crippen molar-refractivity contribution in [3.8, 4) is 0 Å². The Balaban J connectivity index is 3.00. The number of carbonyl (C=O) groups is 2. The number of halogens is 1. The van der Waals surface area contributed by atoms with Crippen LogP contribution in [0.2, 0.25) is 0 Å². The van der Waals surface area contributed by atoms with Crippen LogP contribution < -0.4 is 5.32 Å². The highest BCUT2D eigenvalue weighted by molar-refractivity contribution is 9.09. The summed E-state index contributed by atoms with van der Waals surface area (Å²) < 4.78 is 0. The van der Waals surface area contributed by atoms with Crippen LogP contribution >= 0.6 is 15.9 Å². The maximum Gasteiger partial charge on any atom is 0.235 e. The lowest BCUT2D eigenvalue weighted by atomic mass is 9.99. The van der Waals surface area contributed by atoms with Crippen molar-refractivity contribution >= 4 is 33.3 Å². The van der Waals surface area contributed by atoms with Gasteiger partial charge in [0.05, 0.1) is 11.0 Å². The zero-order valence-corrected chi connectivity index (χ0v) is 10.9. The normalized spacial score (nSPS) is 10.2. The molecule has 0 bridgehead atoms. The summed E-state index contributed by atoms with van der Waals surface area (Å²) in [5.41, 5.74) is 1.14. The molecule has 0 radical (unpaired) electrons. The van der Waals surface area contributed by atoms with Crippen LogP contribution in [0.3, 0.4) is 0 Å². The lowest BCUT2D eigenvalue weighted by molar-refractivity contribution is -0.113. The summed E-state index contributed by atoms with van der Waals surface area (Å²) in [6.07, 6.45) is 0. The van der Waals surface area contributed by atoms with Crippen molar-refractivity contribution in [2.45, 2.75) is 13.8 Å². The molecule has 1 aromatic rings. The van der Waals surface area contributed by atoms with Gasteiger partial charge in [-0.3, -0.25) is 9.59 Å². The molecule has 0 heterocycles. The number of hydrogen-bond donors (Lipinski definition) is 1. The third-order valence-corrected chi connectivity index (χ3v) is 2.62. The van der Waals surface area contributed by atoms with E-state index in [-0.39, 0.29) is 22.9 Å². The molecule has 1 amide bonds. The van der Waals surface area contributed by atoms with Gasteiger partial charge in [-0.2, -0.15) is 0 Å². The number of hydrogen-bond acceptors (Lipinski definition) is 2. The minimum Gasteiger partial charge on any atom is -0.325 e. The first-order chi connectivity index (χ1) is 7.56. The molecule has 1 rings (SSSR count). The first kappa shape index (κ1) is 12.9. The molecule has 1 N–H and O–H groups in total. The first-order valence-corrected chi connectivity index (χ1v) is 6.17. The van der Waals surface area contributed by atoms with Crippen molar-refractivity contribution in [2.75, 3.05) is 10.6 Å². The highest BCUT2D eigenvalue weighted by Crippen LogP contribution is 2.18. The number of amides is 1. The van der Waals surface area contributed by atoms with Gasteiger partial charge in [0.2, 0.25) is 5.91 Å². The number of para-hydroxylation sites is 1. The zero-order valence-electron chi connectivity index (χ0n) is 9.29. The van der Waals surface area contributed by atoms with Crippen LogP contribution in [0.4, 0.5) is 5.69 Å². The van der Waals surface area contributed by atoms with Gasteiger partial charge in [0.15, 0.2) is 5.78 Å². The van der Waals surface area contributed by atoms with Gasteiger partial charge in [-0.15, -0.1) is 0 Å². The Kier molecular flexibility index (Phi) is 4.68. The van der Waals surface area contributed by atoms with Crippen LogP contribution in [0, 0.1) is 5.92 Å². The Morgan fingerprint density at radius 1 is 1.31 bits per heavy atom. The van der Waals surface area contributed by atoms with E-state index in [4.69, 9.17) is 0 Å². The molecule has 0 saturated carbocycles. The molecule has 0 aliphatic rings. The minimum atomic E-state index is -0.163. The SMILES string of the molecule is CC(C)C(=O)c1ccccc1NC(=O)CBr. The summed E-state index contributed by atoms with van der Waals surface area (Å²) >= 11 is 3.07. The van der Waals surface area contributed by atoms with E-state index in [1.165, 1.54) is 0 Å². The molecule has 0 aromatic heterocycles. The van der Waals surface area contributed by atoms with Gasteiger partial charge < -0.3 is 5.32 Å². The summed E-state index contributed by atoms with van der Waals surface area (Å²) in [5, 5.41) is 2.91. The van der Waals surface area contributed by atoms with Crippen molar-refractivity contribution in [1.82, 2.24) is 0 Å². The third-order valence-electron chi connectivity index (χ3n) is 2.11. The van der Waals surface area contributed by atoms with Crippen LogP contribution in [-0.2, 0) is 4.79 Å². The number of benzene rings is 1. The molecule has 16 heavy (non-hydrogen) atoms. The predicted molar refractivity (Wildman–Crippen MR) is 68.0 cm³/mol. The quantitative estimate of drug-likeness (QED) is 0.682. The van der Waals surface area contributed by atoms with Crippen LogP contribution in [0.5, 0.6) is 0 Å². The molecule has 0 unspecified atom stereocenters. The molecule has 0 spiro atoms. The fourth-order valence-corrected chi connectivity index (χ4v) is 1.44. The second-order valence-corrected chi connectivity index (χ2v) is 4.31. The van der Waals surface area contributed by atoms with Crippen molar-refractivity contribution in [3.05, 3.63) is 29.8 Å². The standard InChI is InChI=1S/C12H14BrNO2/c1-8(2)12(16)9-5-3-4-6-10(9)14-11(15)7-13/h3-6,8H,7H2,1-2H3,(H,14,15). The summed E-state index contributed by atoms with van der Waals surface area (Å²) in [6.45, 7) is 3.68. The molecule has 4 heteroatoms. The number of Topliss-reactive ketones (excluding diaryl/α,β-unsaturated/α-hetero) is 1. The first-order valence-electron chi connectivity index (χ1n) is 5.05. The van der Waals surface area contributed by atoms with E-state index in [9.17, 15) is 9.59 Å². The number of anilines is 1. The molecule has 0 atom stereocenters. The van der Waals surface area contributed by atoms with Crippen molar-refractivity contribution in [1.29, 1.82) is 0 Å². The van der Waals surface area contributed by atoms with Gasteiger partial charge in [0, 0.05) is 11.5 Å². The average molecular weight is 284 g/mol. The molecule has 0 saturated heterocycles. The molecule has 0 aliphatic heterocycles. The van der Waals surface area contributed by atoms with Crippen molar-refractivity contribution < 1.29 is 9.59 Å². The molecule has 3 nitrogen and oxygen atoms in total. The predicted octanol–water partition coefficient (Wildman–Crippen LogP) is 2.86. The van der Waals surface area contributed by atoms with Crippen molar-refractivity contribution in [3.63, 3.8) is 0 Å². The maximum absolute atomic E-state index is 11.9. The van der Waals surface area contributed by atoms with E-state index in [0.29, 0.717) is 11.3 Å². The van der Waals surface area contributed by atoms with E-state index in [0.717, 1.165) is 0 Å².